The van der Waals surface area contributed by atoms with Gasteiger partial charge in [0, 0.05) is 17.4 Å². The number of aromatic amines is 1. The standard InChI is InChI=1S/C21H23N3O2/c1-3-4-20(16-7-11-19(26-2)12-8-16)21(25)24-18-9-5-15(6-10-18)17-13-22-23-14-17/h5-14,20H,3-4H2,1-2H3,(H,22,23)(H,24,25). The van der Waals surface area contributed by atoms with Crippen LogP contribution in [0.25, 0.3) is 11.1 Å². The van der Waals surface area contributed by atoms with Gasteiger partial charge in [0.05, 0.1) is 19.2 Å². The molecule has 0 radical (unpaired) electrons. The third-order valence-corrected chi connectivity index (χ3v) is 4.40. The van der Waals surface area contributed by atoms with Crippen LogP contribution in [0.1, 0.15) is 31.2 Å². The number of hydrogen-bond acceptors (Lipinski definition) is 3. The number of nitrogens with one attached hydrogen (secondary N) is 2. The fourth-order valence-corrected chi connectivity index (χ4v) is 2.96. The Hall–Kier alpha value is -3.08. The van der Waals surface area contributed by atoms with Gasteiger partial charge in [-0.2, -0.15) is 5.10 Å². The average Bonchev–Trinajstić information content (AvgIpc) is 3.21. The van der Waals surface area contributed by atoms with E-state index in [1.165, 1.54) is 0 Å². The van der Waals surface area contributed by atoms with Crippen LogP contribution in [0.5, 0.6) is 5.75 Å². The van der Waals surface area contributed by atoms with Crippen molar-refractivity contribution in [3.63, 3.8) is 0 Å². The van der Waals surface area contributed by atoms with Crippen LogP contribution in [0.15, 0.2) is 60.9 Å². The second-order valence-corrected chi connectivity index (χ2v) is 6.17. The van der Waals surface area contributed by atoms with Crippen LogP contribution in [0, 0.1) is 0 Å². The summed E-state index contributed by atoms with van der Waals surface area (Å²) in [4.78, 5) is 12.8. The maximum Gasteiger partial charge on any atom is 0.231 e. The molecule has 0 saturated carbocycles. The van der Waals surface area contributed by atoms with E-state index in [0.29, 0.717) is 0 Å². The summed E-state index contributed by atoms with van der Waals surface area (Å²) >= 11 is 0. The lowest BCUT2D eigenvalue weighted by atomic mass is 9.93. The third kappa shape index (κ3) is 4.11. The van der Waals surface area contributed by atoms with Crippen LogP contribution in [-0.4, -0.2) is 23.2 Å². The molecule has 26 heavy (non-hydrogen) atoms. The molecule has 0 saturated heterocycles. The first-order chi connectivity index (χ1) is 12.7. The predicted molar refractivity (Wildman–Crippen MR) is 103 cm³/mol. The zero-order valence-electron chi connectivity index (χ0n) is 15.0. The highest BCUT2D eigenvalue weighted by Gasteiger charge is 2.20. The van der Waals surface area contributed by atoms with Crippen LogP contribution in [0.4, 0.5) is 5.69 Å². The summed E-state index contributed by atoms with van der Waals surface area (Å²) in [5, 5.41) is 9.79. The van der Waals surface area contributed by atoms with Gasteiger partial charge in [0.1, 0.15) is 5.75 Å². The number of benzene rings is 2. The van der Waals surface area contributed by atoms with Gasteiger partial charge in [-0.25, -0.2) is 0 Å². The van der Waals surface area contributed by atoms with E-state index in [4.69, 9.17) is 4.74 Å². The number of carbonyl (C=O) groups is 1. The summed E-state index contributed by atoms with van der Waals surface area (Å²) in [7, 11) is 1.64. The fourth-order valence-electron chi connectivity index (χ4n) is 2.96. The first-order valence-electron chi connectivity index (χ1n) is 8.75. The maximum atomic E-state index is 12.8. The van der Waals surface area contributed by atoms with Crippen molar-refractivity contribution in [1.82, 2.24) is 10.2 Å². The molecule has 1 heterocycles. The number of nitrogens with zero attached hydrogens (tertiary/aromatic N) is 1. The van der Waals surface area contributed by atoms with Gasteiger partial charge in [-0.3, -0.25) is 9.89 Å². The lowest BCUT2D eigenvalue weighted by Crippen LogP contribution is -2.21. The van der Waals surface area contributed by atoms with E-state index in [2.05, 4.69) is 22.4 Å². The summed E-state index contributed by atoms with van der Waals surface area (Å²) in [6.45, 7) is 2.09. The van der Waals surface area contributed by atoms with Gasteiger partial charge < -0.3 is 10.1 Å². The van der Waals surface area contributed by atoms with E-state index in [1.807, 2.05) is 54.7 Å². The molecule has 5 heteroatoms. The molecule has 3 aromatic rings. The highest BCUT2D eigenvalue weighted by atomic mass is 16.5. The Morgan fingerprint density at radius 3 is 2.42 bits per heavy atom. The zero-order valence-corrected chi connectivity index (χ0v) is 15.0. The highest BCUT2D eigenvalue weighted by Crippen LogP contribution is 2.26. The summed E-state index contributed by atoms with van der Waals surface area (Å²) in [6.07, 6.45) is 5.35. The van der Waals surface area contributed by atoms with Crippen molar-refractivity contribution in [3.8, 4) is 16.9 Å². The minimum absolute atomic E-state index is 0.00748. The molecule has 0 aliphatic carbocycles. The molecule has 0 fully saturated rings. The third-order valence-electron chi connectivity index (χ3n) is 4.40. The molecule has 0 aliphatic heterocycles. The quantitative estimate of drug-likeness (QED) is 0.655. The Labute approximate surface area is 153 Å². The number of rotatable bonds is 7. The van der Waals surface area contributed by atoms with Gasteiger partial charge in [0.2, 0.25) is 5.91 Å². The van der Waals surface area contributed by atoms with Crippen molar-refractivity contribution in [3.05, 3.63) is 66.5 Å². The van der Waals surface area contributed by atoms with Crippen molar-refractivity contribution < 1.29 is 9.53 Å². The van der Waals surface area contributed by atoms with Crippen LogP contribution in [0.3, 0.4) is 0 Å². The lowest BCUT2D eigenvalue weighted by Gasteiger charge is -2.17. The zero-order chi connectivity index (χ0) is 18.4. The number of hydrogen-bond donors (Lipinski definition) is 2. The first kappa shape index (κ1) is 17.7. The topological polar surface area (TPSA) is 67.0 Å². The molecule has 0 bridgehead atoms. The van der Waals surface area contributed by atoms with Crippen LogP contribution in [0.2, 0.25) is 0 Å². The van der Waals surface area contributed by atoms with E-state index in [-0.39, 0.29) is 11.8 Å². The smallest absolute Gasteiger partial charge is 0.231 e. The van der Waals surface area contributed by atoms with Gasteiger partial charge in [0.15, 0.2) is 0 Å². The predicted octanol–water partition coefficient (Wildman–Crippen LogP) is 4.61. The number of aromatic nitrogens is 2. The van der Waals surface area contributed by atoms with Gasteiger partial charge >= 0.3 is 0 Å². The molecular weight excluding hydrogens is 326 g/mol. The van der Waals surface area contributed by atoms with E-state index >= 15 is 0 Å². The van der Waals surface area contributed by atoms with Gasteiger partial charge in [0.25, 0.3) is 0 Å². The fraction of sp³-hybridized carbons (Fsp3) is 0.238. The minimum Gasteiger partial charge on any atom is -0.497 e. The Balaban J connectivity index is 1.72. The van der Waals surface area contributed by atoms with E-state index in [0.717, 1.165) is 41.0 Å². The molecule has 5 nitrogen and oxygen atoms in total. The average molecular weight is 349 g/mol. The van der Waals surface area contributed by atoms with Crippen molar-refractivity contribution >= 4 is 11.6 Å². The van der Waals surface area contributed by atoms with E-state index < -0.39 is 0 Å². The van der Waals surface area contributed by atoms with Crippen LogP contribution < -0.4 is 10.1 Å². The molecule has 1 amide bonds. The molecule has 0 aliphatic rings. The number of amides is 1. The second-order valence-electron chi connectivity index (χ2n) is 6.17. The lowest BCUT2D eigenvalue weighted by molar-refractivity contribution is -0.117. The number of carbonyl (C=O) groups excluding carboxylic acids is 1. The number of methoxy groups -OCH3 is 1. The summed E-state index contributed by atoms with van der Waals surface area (Å²) in [5.41, 5.74) is 3.86. The molecule has 1 aromatic heterocycles. The molecule has 1 atom stereocenters. The van der Waals surface area contributed by atoms with Crippen molar-refractivity contribution in [2.45, 2.75) is 25.7 Å². The molecule has 2 N–H and O–H groups in total. The summed E-state index contributed by atoms with van der Waals surface area (Å²) in [6, 6.07) is 15.5. The largest absolute Gasteiger partial charge is 0.497 e. The number of ether oxygens (including phenoxy) is 1. The van der Waals surface area contributed by atoms with Gasteiger partial charge in [-0.15, -0.1) is 0 Å². The highest BCUT2D eigenvalue weighted by molar-refractivity contribution is 5.96. The van der Waals surface area contributed by atoms with Crippen LogP contribution in [-0.2, 0) is 4.79 Å². The SMILES string of the molecule is CCCC(C(=O)Nc1ccc(-c2cn[nH]c2)cc1)c1ccc(OC)cc1. The summed E-state index contributed by atoms with van der Waals surface area (Å²) < 4.78 is 5.20. The molecular formula is C21H23N3O2. The summed E-state index contributed by atoms with van der Waals surface area (Å²) in [5.74, 6) is 0.617. The Morgan fingerprint density at radius 1 is 1.12 bits per heavy atom. The van der Waals surface area contributed by atoms with Crippen molar-refractivity contribution in [1.29, 1.82) is 0 Å². The first-order valence-corrected chi connectivity index (χ1v) is 8.75. The van der Waals surface area contributed by atoms with E-state index in [1.54, 1.807) is 13.3 Å². The van der Waals surface area contributed by atoms with Crippen LogP contribution >= 0.6 is 0 Å². The Morgan fingerprint density at radius 2 is 1.85 bits per heavy atom. The van der Waals surface area contributed by atoms with Gasteiger partial charge in [-0.1, -0.05) is 37.6 Å². The second kappa shape index (κ2) is 8.34. The maximum absolute atomic E-state index is 12.8. The number of anilines is 1. The Kier molecular flexibility index (Phi) is 5.69. The molecule has 134 valence electrons. The Bertz CT molecular complexity index is 825. The molecule has 1 unspecified atom stereocenters. The minimum atomic E-state index is -0.181. The van der Waals surface area contributed by atoms with E-state index in [9.17, 15) is 4.79 Å². The van der Waals surface area contributed by atoms with Crippen molar-refractivity contribution in [2.75, 3.05) is 12.4 Å². The monoisotopic (exact) mass is 349 g/mol. The van der Waals surface area contributed by atoms with Crippen molar-refractivity contribution in [2.24, 2.45) is 0 Å². The molecule has 3 rings (SSSR count). The van der Waals surface area contributed by atoms with Gasteiger partial charge in [-0.05, 0) is 41.8 Å². The normalized spacial score (nSPS) is 11.8. The number of H-pyrrole nitrogens is 1. The molecule has 2 aromatic carbocycles. The molecule has 0 spiro atoms.